The maximum atomic E-state index is 12.3. The molecule has 1 aliphatic heterocycles. The fourth-order valence-corrected chi connectivity index (χ4v) is 3.82. The van der Waals surface area contributed by atoms with Gasteiger partial charge in [0.15, 0.2) is 5.82 Å². The van der Waals surface area contributed by atoms with Crippen molar-refractivity contribution in [1.29, 1.82) is 0 Å². The van der Waals surface area contributed by atoms with E-state index in [1.807, 2.05) is 17.9 Å². The molecule has 2 aromatic rings. The van der Waals surface area contributed by atoms with Crippen molar-refractivity contribution in [3.8, 4) is 17.1 Å². The van der Waals surface area contributed by atoms with Gasteiger partial charge in [0, 0.05) is 18.3 Å². The lowest BCUT2D eigenvalue weighted by molar-refractivity contribution is -0.156. The van der Waals surface area contributed by atoms with Crippen molar-refractivity contribution in [3.63, 3.8) is 0 Å². The van der Waals surface area contributed by atoms with Crippen LogP contribution in [-0.2, 0) is 4.79 Å². The predicted octanol–water partition coefficient (Wildman–Crippen LogP) is 2.28. The fraction of sp³-hybridized carbons (Fsp3) is 0.438. The third-order valence-electron chi connectivity index (χ3n) is 4.43. The van der Waals surface area contributed by atoms with Crippen molar-refractivity contribution >= 4 is 17.7 Å². The largest absolute Gasteiger partial charge is 0.507 e. The smallest absolute Gasteiger partial charge is 0.231 e. The Labute approximate surface area is 138 Å². The highest BCUT2D eigenvalue weighted by Crippen LogP contribution is 2.42. The number of benzene rings is 1. The molecule has 2 N–H and O–H groups in total. The van der Waals surface area contributed by atoms with E-state index in [9.17, 15) is 9.90 Å². The predicted molar refractivity (Wildman–Crippen MR) is 87.0 cm³/mol. The van der Waals surface area contributed by atoms with Crippen LogP contribution in [0.2, 0.25) is 0 Å². The third-order valence-corrected chi connectivity index (χ3v) is 5.65. The summed E-state index contributed by atoms with van der Waals surface area (Å²) >= 11 is 1.48. The molecular formula is C16H18N4O2S. The van der Waals surface area contributed by atoms with Gasteiger partial charge in [-0.1, -0.05) is 23.9 Å². The second kappa shape index (κ2) is 5.26. The van der Waals surface area contributed by atoms with Gasteiger partial charge in [-0.05, 0) is 31.9 Å². The van der Waals surface area contributed by atoms with Gasteiger partial charge >= 0.3 is 0 Å². The number of nitrogens with zero attached hydrogens (tertiary/aromatic N) is 3. The Balaban J connectivity index is 1.41. The highest BCUT2D eigenvalue weighted by molar-refractivity contribution is 7.99. The highest BCUT2D eigenvalue weighted by atomic mass is 32.2. The number of carbonyl (C=O) groups is 1. The minimum atomic E-state index is -0.303. The molecular weight excluding hydrogens is 312 g/mol. The Morgan fingerprint density at radius 3 is 2.91 bits per heavy atom. The Morgan fingerprint density at radius 1 is 1.43 bits per heavy atom. The van der Waals surface area contributed by atoms with Crippen molar-refractivity contribution in [1.82, 2.24) is 20.1 Å². The summed E-state index contributed by atoms with van der Waals surface area (Å²) in [6, 6.07) is 7.50. The normalized spacial score (nSPS) is 23.9. The standard InChI is InChI=1S/C16H18N4O2S/c1-16(8-20(14(16)22)10-6-7-10)9-23-15-17-13(18-19-15)11-4-2-3-5-12(11)21/h2-5,10,21H,6-9H2,1H3,(H,17,18,19). The molecule has 1 aromatic heterocycles. The topological polar surface area (TPSA) is 82.1 Å². The second-order valence-electron chi connectivity index (χ2n) is 6.50. The minimum Gasteiger partial charge on any atom is -0.507 e. The number of likely N-dealkylation sites (tertiary alicyclic amines) is 1. The van der Waals surface area contributed by atoms with Gasteiger partial charge in [-0.2, -0.15) is 0 Å². The number of aromatic amines is 1. The van der Waals surface area contributed by atoms with Crippen LogP contribution in [0.3, 0.4) is 0 Å². The SMILES string of the molecule is CC1(CSc2n[nH]c(-c3ccccc3O)n2)CN(C2CC2)C1=O. The van der Waals surface area contributed by atoms with Gasteiger partial charge < -0.3 is 10.0 Å². The van der Waals surface area contributed by atoms with Gasteiger partial charge in [-0.15, -0.1) is 5.10 Å². The zero-order valence-corrected chi connectivity index (χ0v) is 13.6. The van der Waals surface area contributed by atoms with Crippen LogP contribution >= 0.6 is 11.8 Å². The molecule has 120 valence electrons. The molecule has 1 atom stereocenters. The molecule has 2 aliphatic rings. The quantitative estimate of drug-likeness (QED) is 0.649. The van der Waals surface area contributed by atoms with E-state index in [4.69, 9.17) is 0 Å². The number of aromatic hydroxyl groups is 1. The summed E-state index contributed by atoms with van der Waals surface area (Å²) in [5, 5.41) is 17.5. The Kier molecular flexibility index (Phi) is 3.33. The first-order valence-electron chi connectivity index (χ1n) is 7.71. The average Bonchev–Trinajstić information content (AvgIpc) is 3.28. The molecule has 0 radical (unpaired) electrons. The van der Waals surface area contributed by atoms with Gasteiger partial charge in [0.05, 0.1) is 11.0 Å². The van der Waals surface area contributed by atoms with Crippen LogP contribution in [0, 0.1) is 5.41 Å². The van der Waals surface area contributed by atoms with Gasteiger partial charge in [-0.25, -0.2) is 4.98 Å². The Hall–Kier alpha value is -2.02. The molecule has 23 heavy (non-hydrogen) atoms. The van der Waals surface area contributed by atoms with E-state index < -0.39 is 0 Å². The van der Waals surface area contributed by atoms with Crippen molar-refractivity contribution < 1.29 is 9.90 Å². The second-order valence-corrected chi connectivity index (χ2v) is 7.44. The summed E-state index contributed by atoms with van der Waals surface area (Å²) in [6.07, 6.45) is 2.31. The van der Waals surface area contributed by atoms with Crippen LogP contribution in [-0.4, -0.2) is 49.4 Å². The molecule has 1 aliphatic carbocycles. The van der Waals surface area contributed by atoms with E-state index in [2.05, 4.69) is 15.2 Å². The number of H-pyrrole nitrogens is 1. The summed E-state index contributed by atoms with van der Waals surface area (Å²) in [5.74, 6) is 1.63. The Morgan fingerprint density at radius 2 is 2.22 bits per heavy atom. The number of aromatic nitrogens is 3. The molecule has 1 saturated carbocycles. The number of thioether (sulfide) groups is 1. The van der Waals surface area contributed by atoms with E-state index in [1.54, 1.807) is 18.2 Å². The van der Waals surface area contributed by atoms with Crippen molar-refractivity contribution in [3.05, 3.63) is 24.3 Å². The van der Waals surface area contributed by atoms with E-state index in [0.717, 1.165) is 19.4 Å². The van der Waals surface area contributed by atoms with Crippen LogP contribution in [0.15, 0.2) is 29.4 Å². The molecule has 7 heteroatoms. The number of carbonyl (C=O) groups excluding carboxylic acids is 1. The first kappa shape index (κ1) is 14.6. The maximum Gasteiger partial charge on any atom is 0.231 e. The lowest BCUT2D eigenvalue weighted by Crippen LogP contribution is -2.61. The van der Waals surface area contributed by atoms with Crippen LogP contribution in [0.4, 0.5) is 0 Å². The van der Waals surface area contributed by atoms with Crippen molar-refractivity contribution in [2.45, 2.75) is 31.0 Å². The maximum absolute atomic E-state index is 12.3. The first-order chi connectivity index (χ1) is 11.1. The molecule has 1 aromatic carbocycles. The van der Waals surface area contributed by atoms with Gasteiger partial charge in [0.1, 0.15) is 5.75 Å². The van der Waals surface area contributed by atoms with E-state index >= 15 is 0 Å². The minimum absolute atomic E-state index is 0.168. The summed E-state index contributed by atoms with van der Waals surface area (Å²) in [4.78, 5) is 18.7. The van der Waals surface area contributed by atoms with E-state index in [0.29, 0.717) is 28.3 Å². The molecule has 0 spiro atoms. The van der Waals surface area contributed by atoms with Crippen LogP contribution in [0.1, 0.15) is 19.8 Å². The molecule has 2 fully saturated rings. The molecule has 1 saturated heterocycles. The average molecular weight is 330 g/mol. The fourth-order valence-electron chi connectivity index (χ4n) is 2.89. The number of hydrogen-bond acceptors (Lipinski definition) is 5. The summed E-state index contributed by atoms with van der Waals surface area (Å²) in [5.41, 5.74) is 0.320. The van der Waals surface area contributed by atoms with E-state index in [1.165, 1.54) is 11.8 Å². The highest BCUT2D eigenvalue weighted by Gasteiger charge is 2.52. The first-order valence-corrected chi connectivity index (χ1v) is 8.70. The van der Waals surface area contributed by atoms with Gasteiger partial charge in [0.25, 0.3) is 0 Å². The lowest BCUT2D eigenvalue weighted by Gasteiger charge is -2.46. The summed E-state index contributed by atoms with van der Waals surface area (Å²) < 4.78 is 0. The molecule has 1 unspecified atom stereocenters. The monoisotopic (exact) mass is 330 g/mol. The zero-order chi connectivity index (χ0) is 16.0. The summed E-state index contributed by atoms with van der Waals surface area (Å²) in [6.45, 7) is 2.85. The van der Waals surface area contributed by atoms with Crippen molar-refractivity contribution in [2.24, 2.45) is 5.41 Å². The molecule has 2 heterocycles. The zero-order valence-electron chi connectivity index (χ0n) is 12.8. The number of hydrogen-bond donors (Lipinski definition) is 2. The molecule has 0 bridgehead atoms. The number of nitrogens with one attached hydrogen (secondary N) is 1. The number of phenolic OH excluding ortho intramolecular Hbond substituents is 1. The molecule has 1 amide bonds. The molecule has 4 rings (SSSR count). The number of phenols is 1. The number of rotatable bonds is 5. The summed E-state index contributed by atoms with van der Waals surface area (Å²) in [7, 11) is 0. The van der Waals surface area contributed by atoms with Crippen molar-refractivity contribution in [2.75, 3.05) is 12.3 Å². The lowest BCUT2D eigenvalue weighted by atomic mass is 9.82. The Bertz CT molecular complexity index is 758. The van der Waals surface area contributed by atoms with Gasteiger partial charge in [0.2, 0.25) is 11.1 Å². The number of β-lactam (4-membered cyclic amide) rings is 1. The van der Waals surface area contributed by atoms with E-state index in [-0.39, 0.29) is 17.1 Å². The van der Waals surface area contributed by atoms with Crippen LogP contribution in [0.25, 0.3) is 11.4 Å². The molecule has 6 nitrogen and oxygen atoms in total. The third kappa shape index (κ3) is 2.59. The van der Waals surface area contributed by atoms with Gasteiger partial charge in [-0.3, -0.25) is 9.89 Å². The number of amides is 1. The number of para-hydroxylation sites is 1. The van der Waals surface area contributed by atoms with Crippen LogP contribution < -0.4 is 0 Å². The van der Waals surface area contributed by atoms with Crippen LogP contribution in [0.5, 0.6) is 5.75 Å².